The summed E-state index contributed by atoms with van der Waals surface area (Å²) in [7, 11) is 0. The minimum atomic E-state index is -0.724. The number of benzene rings is 1. The molecule has 3 N–H and O–H groups in total. The first-order valence-corrected chi connectivity index (χ1v) is 7.27. The van der Waals surface area contributed by atoms with E-state index in [1.165, 1.54) is 11.1 Å². The normalized spacial score (nSPS) is 22.1. The van der Waals surface area contributed by atoms with Gasteiger partial charge in [0.1, 0.15) is 0 Å². The maximum Gasteiger partial charge on any atom is 0.0825 e. The topological polar surface area (TPSA) is 44.3 Å². The molecule has 0 saturated heterocycles. The van der Waals surface area contributed by atoms with Gasteiger partial charge in [0.2, 0.25) is 0 Å². The quantitative estimate of drug-likeness (QED) is 0.760. The number of hydrogen-bond donors (Lipinski definition) is 3. The zero-order valence-corrected chi connectivity index (χ0v) is 12.2. The van der Waals surface area contributed by atoms with Gasteiger partial charge in [0.15, 0.2) is 0 Å². The fraction of sp³-hybridized carbons (Fsp3) is 0.625. The van der Waals surface area contributed by atoms with Crippen molar-refractivity contribution >= 4 is 0 Å². The number of rotatable bonds is 5. The zero-order chi connectivity index (χ0) is 13.9. The number of aliphatic hydroxyl groups is 1. The van der Waals surface area contributed by atoms with Gasteiger partial charge in [-0.1, -0.05) is 38.1 Å². The van der Waals surface area contributed by atoms with E-state index >= 15 is 0 Å². The molecule has 1 aliphatic heterocycles. The molecule has 1 heterocycles. The van der Waals surface area contributed by atoms with Crippen LogP contribution in [-0.2, 0) is 6.42 Å². The Morgan fingerprint density at radius 1 is 1.42 bits per heavy atom. The summed E-state index contributed by atoms with van der Waals surface area (Å²) in [4.78, 5) is 0. The molecule has 1 aromatic carbocycles. The van der Waals surface area contributed by atoms with Crippen molar-refractivity contribution < 1.29 is 5.11 Å². The van der Waals surface area contributed by atoms with Crippen LogP contribution in [0.5, 0.6) is 0 Å². The van der Waals surface area contributed by atoms with Gasteiger partial charge in [0.05, 0.1) is 11.6 Å². The maximum atomic E-state index is 10.8. The van der Waals surface area contributed by atoms with Crippen molar-refractivity contribution in [2.24, 2.45) is 0 Å². The van der Waals surface area contributed by atoms with Gasteiger partial charge in [0, 0.05) is 6.04 Å². The predicted molar refractivity (Wildman–Crippen MR) is 79.3 cm³/mol. The second-order valence-electron chi connectivity index (χ2n) is 6.05. The summed E-state index contributed by atoms with van der Waals surface area (Å²) in [6.45, 7) is 7.97. The molecule has 0 saturated carbocycles. The van der Waals surface area contributed by atoms with E-state index in [9.17, 15) is 5.11 Å². The van der Waals surface area contributed by atoms with Crippen molar-refractivity contribution in [3.63, 3.8) is 0 Å². The SMILES string of the molecule is CC(C)NCCC(C)(O)C1NCCc2ccccc21. The fourth-order valence-corrected chi connectivity index (χ4v) is 2.82. The lowest BCUT2D eigenvalue weighted by Gasteiger charge is -2.38. The molecular formula is C16H26N2O. The van der Waals surface area contributed by atoms with Gasteiger partial charge in [0.25, 0.3) is 0 Å². The van der Waals surface area contributed by atoms with Crippen molar-refractivity contribution in [2.75, 3.05) is 13.1 Å². The zero-order valence-electron chi connectivity index (χ0n) is 12.2. The summed E-state index contributed by atoms with van der Waals surface area (Å²) < 4.78 is 0. The van der Waals surface area contributed by atoms with Gasteiger partial charge in [-0.3, -0.25) is 0 Å². The molecule has 0 radical (unpaired) electrons. The lowest BCUT2D eigenvalue weighted by Crippen LogP contribution is -2.46. The van der Waals surface area contributed by atoms with E-state index in [0.717, 1.165) is 25.9 Å². The van der Waals surface area contributed by atoms with Crippen LogP contribution in [0, 0.1) is 0 Å². The number of nitrogens with one attached hydrogen (secondary N) is 2. The molecule has 3 nitrogen and oxygen atoms in total. The Morgan fingerprint density at radius 3 is 2.89 bits per heavy atom. The van der Waals surface area contributed by atoms with Gasteiger partial charge in [-0.2, -0.15) is 0 Å². The van der Waals surface area contributed by atoms with E-state index in [0.29, 0.717) is 6.04 Å². The van der Waals surface area contributed by atoms with Crippen molar-refractivity contribution in [1.82, 2.24) is 10.6 Å². The third kappa shape index (κ3) is 3.56. The molecule has 0 aliphatic carbocycles. The van der Waals surface area contributed by atoms with E-state index < -0.39 is 5.60 Å². The van der Waals surface area contributed by atoms with Gasteiger partial charge in [-0.05, 0) is 44.0 Å². The van der Waals surface area contributed by atoms with E-state index in [-0.39, 0.29) is 6.04 Å². The fourth-order valence-electron chi connectivity index (χ4n) is 2.82. The first kappa shape index (κ1) is 14.5. The summed E-state index contributed by atoms with van der Waals surface area (Å²) in [6, 6.07) is 8.94. The lowest BCUT2D eigenvalue weighted by atomic mass is 9.82. The number of hydrogen-bond acceptors (Lipinski definition) is 3. The Balaban J connectivity index is 2.08. The highest BCUT2D eigenvalue weighted by molar-refractivity contribution is 5.34. The van der Waals surface area contributed by atoms with Gasteiger partial charge >= 0.3 is 0 Å². The van der Waals surface area contributed by atoms with E-state index in [1.807, 2.05) is 6.92 Å². The molecule has 0 bridgehead atoms. The summed E-state index contributed by atoms with van der Waals surface area (Å²) in [6.07, 6.45) is 1.80. The summed E-state index contributed by atoms with van der Waals surface area (Å²) in [5.74, 6) is 0. The van der Waals surface area contributed by atoms with Crippen LogP contribution in [0.15, 0.2) is 24.3 Å². The minimum Gasteiger partial charge on any atom is -0.388 e. The van der Waals surface area contributed by atoms with Gasteiger partial charge in [-0.15, -0.1) is 0 Å². The van der Waals surface area contributed by atoms with Crippen LogP contribution in [-0.4, -0.2) is 29.8 Å². The molecule has 0 spiro atoms. The first-order valence-electron chi connectivity index (χ1n) is 7.27. The maximum absolute atomic E-state index is 10.8. The molecule has 0 amide bonds. The standard InChI is InChI=1S/C16H26N2O/c1-12(2)17-11-9-16(3,19)15-14-7-5-4-6-13(14)8-10-18-15/h4-7,12,15,17-19H,8-11H2,1-3H3. The van der Waals surface area contributed by atoms with Crippen molar-refractivity contribution in [3.8, 4) is 0 Å². The van der Waals surface area contributed by atoms with Gasteiger partial charge in [-0.25, -0.2) is 0 Å². The van der Waals surface area contributed by atoms with Crippen LogP contribution in [0.3, 0.4) is 0 Å². The predicted octanol–water partition coefficient (Wildman–Crippen LogP) is 2.01. The third-order valence-electron chi connectivity index (χ3n) is 3.91. The molecule has 2 unspecified atom stereocenters. The lowest BCUT2D eigenvalue weighted by molar-refractivity contribution is 0.00822. The average molecular weight is 262 g/mol. The highest BCUT2D eigenvalue weighted by Gasteiger charge is 2.35. The van der Waals surface area contributed by atoms with Crippen LogP contribution in [0.4, 0.5) is 0 Å². The van der Waals surface area contributed by atoms with Crippen LogP contribution in [0.2, 0.25) is 0 Å². The van der Waals surface area contributed by atoms with Gasteiger partial charge < -0.3 is 15.7 Å². The Labute approximate surface area is 116 Å². The molecule has 19 heavy (non-hydrogen) atoms. The largest absolute Gasteiger partial charge is 0.388 e. The summed E-state index contributed by atoms with van der Waals surface area (Å²) in [5.41, 5.74) is 1.89. The minimum absolute atomic E-state index is 0.0337. The molecule has 2 atom stereocenters. The Kier molecular flexibility index (Phi) is 4.61. The first-order chi connectivity index (χ1) is 9.00. The summed E-state index contributed by atoms with van der Waals surface area (Å²) in [5, 5.41) is 17.6. The molecule has 106 valence electrons. The highest BCUT2D eigenvalue weighted by atomic mass is 16.3. The van der Waals surface area contributed by atoms with Crippen LogP contribution in [0.25, 0.3) is 0 Å². The van der Waals surface area contributed by atoms with E-state index in [2.05, 4.69) is 48.7 Å². The second kappa shape index (κ2) is 6.04. The molecule has 1 aromatic rings. The second-order valence-corrected chi connectivity index (χ2v) is 6.05. The molecule has 0 aromatic heterocycles. The van der Waals surface area contributed by atoms with Crippen LogP contribution >= 0.6 is 0 Å². The molecule has 1 aliphatic rings. The third-order valence-corrected chi connectivity index (χ3v) is 3.91. The van der Waals surface area contributed by atoms with Crippen molar-refractivity contribution in [1.29, 1.82) is 0 Å². The molecular weight excluding hydrogens is 236 g/mol. The molecule has 0 fully saturated rings. The van der Waals surface area contributed by atoms with Crippen LogP contribution < -0.4 is 10.6 Å². The van der Waals surface area contributed by atoms with Crippen LogP contribution in [0.1, 0.15) is 44.4 Å². The van der Waals surface area contributed by atoms with Crippen molar-refractivity contribution in [3.05, 3.63) is 35.4 Å². The van der Waals surface area contributed by atoms with E-state index in [1.54, 1.807) is 0 Å². The smallest absolute Gasteiger partial charge is 0.0825 e. The van der Waals surface area contributed by atoms with E-state index in [4.69, 9.17) is 0 Å². The summed E-state index contributed by atoms with van der Waals surface area (Å²) >= 11 is 0. The molecule has 2 rings (SSSR count). The Morgan fingerprint density at radius 2 is 2.16 bits per heavy atom. The Bertz CT molecular complexity index is 415. The average Bonchev–Trinajstić information content (AvgIpc) is 2.37. The number of fused-ring (bicyclic) bond motifs is 1. The highest BCUT2D eigenvalue weighted by Crippen LogP contribution is 2.33. The molecule has 3 heteroatoms. The monoisotopic (exact) mass is 262 g/mol. The van der Waals surface area contributed by atoms with Crippen molar-refractivity contribution in [2.45, 2.75) is 51.3 Å². The Hall–Kier alpha value is -0.900.